The lowest BCUT2D eigenvalue weighted by atomic mass is 10.0. The third-order valence-electron chi connectivity index (χ3n) is 3.40. The molecule has 1 N–H and O–H groups in total. The summed E-state index contributed by atoms with van der Waals surface area (Å²) in [6, 6.07) is 3.62. The first-order valence-electron chi connectivity index (χ1n) is 6.58. The average Bonchev–Trinajstić information content (AvgIpc) is 2.45. The maximum atomic E-state index is 11.5. The molecule has 1 saturated heterocycles. The van der Waals surface area contributed by atoms with Gasteiger partial charge in [-0.15, -0.1) is 0 Å². The number of nitrogens with one attached hydrogen (secondary N) is 1. The number of hydrogen-bond donors (Lipinski definition) is 1. The molecule has 2 heterocycles. The molecule has 104 valence electrons. The Kier molecular flexibility index (Phi) is 5.07. The Labute approximate surface area is 118 Å². The largest absolute Gasteiger partial charge is 0.465 e. The number of thioether (sulfide) groups is 1. The second-order valence-corrected chi connectivity index (χ2v) is 5.98. The molecule has 1 fully saturated rings. The highest BCUT2D eigenvalue weighted by molar-refractivity contribution is 7.99. The first-order valence-corrected chi connectivity index (χ1v) is 7.73. The molecule has 0 aliphatic carbocycles. The van der Waals surface area contributed by atoms with Crippen LogP contribution in [0.5, 0.6) is 0 Å². The van der Waals surface area contributed by atoms with Gasteiger partial charge in [0.1, 0.15) is 5.82 Å². The summed E-state index contributed by atoms with van der Waals surface area (Å²) < 4.78 is 4.71. The number of ether oxygens (including phenoxy) is 1. The van der Waals surface area contributed by atoms with E-state index in [9.17, 15) is 4.79 Å². The maximum Gasteiger partial charge on any atom is 0.339 e. The van der Waals surface area contributed by atoms with Gasteiger partial charge < -0.3 is 10.1 Å². The lowest BCUT2D eigenvalue weighted by Gasteiger charge is -2.21. The number of methoxy groups -OCH3 is 1. The molecule has 0 radical (unpaired) electrons. The number of hydrogen-bond acceptors (Lipinski definition) is 5. The minimum atomic E-state index is -0.333. The summed E-state index contributed by atoms with van der Waals surface area (Å²) in [7, 11) is 1.38. The van der Waals surface area contributed by atoms with Gasteiger partial charge in [-0.2, -0.15) is 11.8 Å². The summed E-state index contributed by atoms with van der Waals surface area (Å²) in [5.41, 5.74) is 1.23. The smallest absolute Gasteiger partial charge is 0.339 e. The van der Waals surface area contributed by atoms with Crippen molar-refractivity contribution in [3.8, 4) is 0 Å². The van der Waals surface area contributed by atoms with E-state index in [2.05, 4.69) is 10.3 Å². The molecule has 0 saturated carbocycles. The summed E-state index contributed by atoms with van der Waals surface area (Å²) >= 11 is 2.04. The molecule has 2 rings (SSSR count). The van der Waals surface area contributed by atoms with Gasteiger partial charge in [0.05, 0.1) is 18.4 Å². The van der Waals surface area contributed by atoms with E-state index in [4.69, 9.17) is 4.74 Å². The van der Waals surface area contributed by atoms with Crippen molar-refractivity contribution in [2.45, 2.75) is 19.8 Å². The number of nitrogens with zero attached hydrogens (tertiary/aromatic N) is 1. The van der Waals surface area contributed by atoms with Crippen LogP contribution in [-0.2, 0) is 4.74 Å². The summed E-state index contributed by atoms with van der Waals surface area (Å²) in [6.07, 6.45) is 2.55. The van der Waals surface area contributed by atoms with Crippen molar-refractivity contribution in [1.29, 1.82) is 0 Å². The lowest BCUT2D eigenvalue weighted by molar-refractivity contribution is 0.0599. The Morgan fingerprint density at radius 2 is 2.21 bits per heavy atom. The van der Waals surface area contributed by atoms with E-state index < -0.39 is 0 Å². The van der Waals surface area contributed by atoms with Crippen molar-refractivity contribution < 1.29 is 9.53 Å². The maximum absolute atomic E-state index is 11.5. The highest BCUT2D eigenvalue weighted by Gasteiger charge is 2.14. The quantitative estimate of drug-likeness (QED) is 0.859. The molecule has 0 atom stereocenters. The zero-order valence-electron chi connectivity index (χ0n) is 11.4. The van der Waals surface area contributed by atoms with E-state index in [0.29, 0.717) is 11.3 Å². The van der Waals surface area contributed by atoms with E-state index in [1.165, 1.54) is 31.5 Å². The SMILES string of the molecule is COC(=O)c1ccc(NCC2CCSCC2)nc1C. The van der Waals surface area contributed by atoms with Crippen molar-refractivity contribution in [1.82, 2.24) is 4.98 Å². The normalized spacial score (nSPS) is 16.1. The second-order valence-electron chi connectivity index (χ2n) is 4.76. The van der Waals surface area contributed by atoms with Crippen LogP contribution in [-0.4, -0.2) is 36.1 Å². The zero-order chi connectivity index (χ0) is 13.7. The summed E-state index contributed by atoms with van der Waals surface area (Å²) in [4.78, 5) is 15.9. The highest BCUT2D eigenvalue weighted by atomic mass is 32.2. The molecule has 0 aromatic carbocycles. The van der Waals surface area contributed by atoms with Crippen LogP contribution in [0.15, 0.2) is 12.1 Å². The summed E-state index contributed by atoms with van der Waals surface area (Å²) in [5.74, 6) is 3.77. The predicted octanol–water partition coefficient (Wildman–Crippen LogP) is 2.73. The number of carbonyl (C=O) groups is 1. The lowest BCUT2D eigenvalue weighted by Crippen LogP contribution is -2.19. The standard InChI is InChI=1S/C14H20N2O2S/c1-10-12(14(17)18-2)3-4-13(16-10)15-9-11-5-7-19-8-6-11/h3-4,11H,5-9H2,1-2H3,(H,15,16). The number of aryl methyl sites for hydroxylation is 1. The minimum Gasteiger partial charge on any atom is -0.465 e. The Morgan fingerprint density at radius 3 is 2.84 bits per heavy atom. The molecule has 1 aromatic heterocycles. The monoisotopic (exact) mass is 280 g/mol. The minimum absolute atomic E-state index is 0.333. The van der Waals surface area contributed by atoms with Crippen LogP contribution in [0, 0.1) is 12.8 Å². The number of esters is 1. The van der Waals surface area contributed by atoms with Crippen LogP contribution >= 0.6 is 11.8 Å². The first kappa shape index (κ1) is 14.2. The number of aromatic nitrogens is 1. The molecule has 1 aliphatic rings. The molecule has 0 amide bonds. The molecule has 5 heteroatoms. The van der Waals surface area contributed by atoms with Crippen molar-refractivity contribution in [2.24, 2.45) is 5.92 Å². The van der Waals surface area contributed by atoms with Crippen LogP contribution in [0.2, 0.25) is 0 Å². The van der Waals surface area contributed by atoms with Crippen LogP contribution in [0.1, 0.15) is 28.9 Å². The average molecular weight is 280 g/mol. The fraction of sp³-hybridized carbons (Fsp3) is 0.571. The molecule has 0 bridgehead atoms. The Bertz CT molecular complexity index is 445. The van der Waals surface area contributed by atoms with Gasteiger partial charge in [-0.25, -0.2) is 9.78 Å². The fourth-order valence-electron chi connectivity index (χ4n) is 2.18. The number of pyridine rings is 1. The van der Waals surface area contributed by atoms with Gasteiger partial charge in [-0.1, -0.05) is 0 Å². The van der Waals surface area contributed by atoms with Crippen LogP contribution < -0.4 is 5.32 Å². The molecular formula is C14H20N2O2S. The molecule has 19 heavy (non-hydrogen) atoms. The zero-order valence-corrected chi connectivity index (χ0v) is 12.3. The van der Waals surface area contributed by atoms with Gasteiger partial charge in [0.25, 0.3) is 0 Å². The van der Waals surface area contributed by atoms with Crippen molar-refractivity contribution in [3.63, 3.8) is 0 Å². The number of carbonyl (C=O) groups excluding carboxylic acids is 1. The predicted molar refractivity (Wildman–Crippen MR) is 78.9 cm³/mol. The van der Waals surface area contributed by atoms with Gasteiger partial charge in [0.2, 0.25) is 0 Å². The molecule has 4 nitrogen and oxygen atoms in total. The van der Waals surface area contributed by atoms with Gasteiger partial charge in [-0.05, 0) is 49.3 Å². The van der Waals surface area contributed by atoms with E-state index in [-0.39, 0.29) is 5.97 Å². The highest BCUT2D eigenvalue weighted by Crippen LogP contribution is 2.23. The Morgan fingerprint density at radius 1 is 1.47 bits per heavy atom. The van der Waals surface area contributed by atoms with Crippen molar-refractivity contribution >= 4 is 23.5 Å². The molecule has 0 spiro atoms. The van der Waals surface area contributed by atoms with E-state index >= 15 is 0 Å². The van der Waals surface area contributed by atoms with E-state index in [1.54, 1.807) is 6.07 Å². The summed E-state index contributed by atoms with van der Waals surface area (Å²) in [5, 5.41) is 3.37. The van der Waals surface area contributed by atoms with Crippen LogP contribution in [0.4, 0.5) is 5.82 Å². The number of anilines is 1. The van der Waals surface area contributed by atoms with Gasteiger partial charge in [0.15, 0.2) is 0 Å². The van der Waals surface area contributed by atoms with E-state index in [1.807, 2.05) is 24.8 Å². The van der Waals surface area contributed by atoms with Crippen molar-refractivity contribution in [3.05, 3.63) is 23.4 Å². The van der Waals surface area contributed by atoms with Gasteiger partial charge in [-0.3, -0.25) is 0 Å². The Hall–Kier alpha value is -1.23. The van der Waals surface area contributed by atoms with Crippen molar-refractivity contribution in [2.75, 3.05) is 30.5 Å². The summed E-state index contributed by atoms with van der Waals surface area (Å²) in [6.45, 7) is 2.79. The fourth-order valence-corrected chi connectivity index (χ4v) is 3.39. The third kappa shape index (κ3) is 3.86. The van der Waals surface area contributed by atoms with Gasteiger partial charge in [0, 0.05) is 6.54 Å². The second kappa shape index (κ2) is 6.80. The Balaban J connectivity index is 1.94. The molecule has 1 aliphatic heterocycles. The topological polar surface area (TPSA) is 51.2 Å². The third-order valence-corrected chi connectivity index (χ3v) is 4.45. The van der Waals surface area contributed by atoms with Gasteiger partial charge >= 0.3 is 5.97 Å². The van der Waals surface area contributed by atoms with E-state index in [0.717, 1.165) is 18.3 Å². The first-order chi connectivity index (χ1) is 9.20. The van der Waals surface area contributed by atoms with Crippen LogP contribution in [0.3, 0.4) is 0 Å². The molecular weight excluding hydrogens is 260 g/mol. The molecule has 1 aromatic rings. The molecule has 0 unspecified atom stereocenters. The number of rotatable bonds is 4. The van der Waals surface area contributed by atoms with Crippen LogP contribution in [0.25, 0.3) is 0 Å².